The van der Waals surface area contributed by atoms with Crippen LogP contribution >= 0.6 is 0 Å². The van der Waals surface area contributed by atoms with Crippen LogP contribution < -0.4 is 5.32 Å². The second kappa shape index (κ2) is 8.77. The van der Waals surface area contributed by atoms with Gasteiger partial charge in [-0.3, -0.25) is 19.3 Å². The van der Waals surface area contributed by atoms with E-state index in [9.17, 15) is 14.4 Å². The quantitative estimate of drug-likeness (QED) is 0.725. The maximum absolute atomic E-state index is 13.1. The van der Waals surface area contributed by atoms with Crippen molar-refractivity contribution in [2.45, 2.75) is 90.0 Å². The molecule has 4 aliphatic rings. The number of nitrogens with one attached hydrogen (secondary N) is 1. The topological polar surface area (TPSA) is 66.5 Å². The Morgan fingerprint density at radius 3 is 2.07 bits per heavy atom. The molecule has 5 nitrogen and oxygen atoms in total. The van der Waals surface area contributed by atoms with Crippen molar-refractivity contribution in [2.75, 3.05) is 7.05 Å². The first kappa shape index (κ1) is 20.9. The van der Waals surface area contributed by atoms with Crippen LogP contribution in [0.3, 0.4) is 0 Å². The van der Waals surface area contributed by atoms with Crippen LogP contribution in [0.2, 0.25) is 0 Å². The van der Waals surface area contributed by atoms with Crippen molar-refractivity contribution in [1.82, 2.24) is 10.2 Å². The van der Waals surface area contributed by atoms with Crippen molar-refractivity contribution >= 4 is 17.7 Å². The minimum Gasteiger partial charge on any atom is -0.359 e. The van der Waals surface area contributed by atoms with E-state index >= 15 is 0 Å². The number of hydrogen-bond donors (Lipinski definition) is 1. The highest BCUT2D eigenvalue weighted by Gasteiger charge is 2.53. The number of fused-ring (bicyclic) bond motifs is 1. The maximum atomic E-state index is 13.1. The molecule has 0 aromatic heterocycles. The van der Waals surface area contributed by atoms with Gasteiger partial charge in [-0.1, -0.05) is 32.6 Å². The van der Waals surface area contributed by atoms with Crippen LogP contribution in [0.4, 0.5) is 0 Å². The lowest BCUT2D eigenvalue weighted by atomic mass is 9.74. The standard InChI is InChI=1S/C24H38N2O3/c1-15-3-5-16(6-4-15)13-17-7-10-19(11-8-17)26-23(28)20-12-9-18(22(27)25-2)14-21(20)24(26)29/h15-21H,3-14H2,1-2H3,(H,25,27). The summed E-state index contributed by atoms with van der Waals surface area (Å²) >= 11 is 0. The van der Waals surface area contributed by atoms with E-state index in [1.165, 1.54) is 32.1 Å². The van der Waals surface area contributed by atoms with E-state index in [-0.39, 0.29) is 41.5 Å². The number of imide groups is 1. The maximum Gasteiger partial charge on any atom is 0.233 e. The average Bonchev–Trinajstić information content (AvgIpc) is 2.99. The molecular formula is C24H38N2O3. The molecule has 1 N–H and O–H groups in total. The third-order valence-corrected chi connectivity index (χ3v) is 8.56. The predicted molar refractivity (Wildman–Crippen MR) is 112 cm³/mol. The first-order chi connectivity index (χ1) is 14.0. The van der Waals surface area contributed by atoms with Crippen molar-refractivity contribution in [3.05, 3.63) is 0 Å². The fourth-order valence-electron chi connectivity index (χ4n) is 6.68. The molecule has 3 unspecified atom stereocenters. The summed E-state index contributed by atoms with van der Waals surface area (Å²) in [7, 11) is 1.65. The number of carbonyl (C=O) groups is 3. The second-order valence-electron chi connectivity index (χ2n) is 10.4. The first-order valence-electron chi connectivity index (χ1n) is 12.1. The number of carbonyl (C=O) groups excluding carboxylic acids is 3. The highest BCUT2D eigenvalue weighted by Crippen LogP contribution is 2.44. The molecule has 1 heterocycles. The summed E-state index contributed by atoms with van der Waals surface area (Å²) in [6.07, 6.45) is 13.1. The van der Waals surface area contributed by atoms with Crippen LogP contribution in [0.5, 0.6) is 0 Å². The number of amides is 3. The molecule has 162 valence electrons. The number of rotatable bonds is 4. The Balaban J connectivity index is 1.31. The fourth-order valence-corrected chi connectivity index (χ4v) is 6.68. The molecule has 5 heteroatoms. The van der Waals surface area contributed by atoms with Crippen molar-refractivity contribution in [2.24, 2.45) is 35.5 Å². The Bertz CT molecular complexity index is 632. The molecule has 0 radical (unpaired) electrons. The number of hydrogen-bond acceptors (Lipinski definition) is 3. The van der Waals surface area contributed by atoms with Crippen LogP contribution in [-0.2, 0) is 14.4 Å². The van der Waals surface area contributed by atoms with Gasteiger partial charge in [0.2, 0.25) is 17.7 Å². The Hall–Kier alpha value is -1.39. The molecule has 3 amide bonds. The Morgan fingerprint density at radius 2 is 1.45 bits per heavy atom. The predicted octanol–water partition coefficient (Wildman–Crippen LogP) is 3.91. The summed E-state index contributed by atoms with van der Waals surface area (Å²) in [6, 6.07) is 0.0988. The Morgan fingerprint density at radius 1 is 0.862 bits per heavy atom. The molecule has 1 aliphatic heterocycles. The van der Waals surface area contributed by atoms with Gasteiger partial charge in [-0.25, -0.2) is 0 Å². The van der Waals surface area contributed by atoms with Crippen molar-refractivity contribution in [3.63, 3.8) is 0 Å². The van der Waals surface area contributed by atoms with Crippen LogP contribution in [0.1, 0.15) is 84.0 Å². The van der Waals surface area contributed by atoms with Crippen molar-refractivity contribution in [1.29, 1.82) is 0 Å². The van der Waals surface area contributed by atoms with Gasteiger partial charge in [0, 0.05) is 19.0 Å². The number of likely N-dealkylation sites (tertiary alicyclic amines) is 1. The van der Waals surface area contributed by atoms with Crippen molar-refractivity contribution in [3.8, 4) is 0 Å². The monoisotopic (exact) mass is 402 g/mol. The Labute approximate surface area is 175 Å². The molecule has 0 spiro atoms. The molecule has 3 saturated carbocycles. The van der Waals surface area contributed by atoms with Gasteiger partial charge < -0.3 is 5.32 Å². The zero-order valence-electron chi connectivity index (χ0n) is 18.2. The normalized spacial score (nSPS) is 40.6. The molecular weight excluding hydrogens is 364 g/mol. The lowest BCUT2D eigenvalue weighted by molar-refractivity contribution is -0.143. The van der Waals surface area contributed by atoms with E-state index in [0.29, 0.717) is 12.8 Å². The second-order valence-corrected chi connectivity index (χ2v) is 10.4. The minimum absolute atomic E-state index is 0.0123. The summed E-state index contributed by atoms with van der Waals surface area (Å²) in [4.78, 5) is 39.8. The third-order valence-electron chi connectivity index (χ3n) is 8.56. The largest absolute Gasteiger partial charge is 0.359 e. The van der Waals surface area contributed by atoms with E-state index < -0.39 is 0 Å². The zero-order valence-corrected chi connectivity index (χ0v) is 18.2. The van der Waals surface area contributed by atoms with Crippen molar-refractivity contribution < 1.29 is 14.4 Å². The van der Waals surface area contributed by atoms with Gasteiger partial charge in [0.05, 0.1) is 11.8 Å². The molecule has 0 bridgehead atoms. The van der Waals surface area contributed by atoms with E-state index in [2.05, 4.69) is 12.2 Å². The molecule has 29 heavy (non-hydrogen) atoms. The minimum atomic E-state index is -0.263. The van der Waals surface area contributed by atoms with Gasteiger partial charge in [0.15, 0.2) is 0 Å². The summed E-state index contributed by atoms with van der Waals surface area (Å²) < 4.78 is 0. The zero-order chi connectivity index (χ0) is 20.5. The van der Waals surface area contributed by atoms with Crippen LogP contribution in [0.15, 0.2) is 0 Å². The summed E-state index contributed by atoms with van der Waals surface area (Å²) in [5, 5.41) is 2.71. The van der Waals surface area contributed by atoms with Gasteiger partial charge in [-0.05, 0) is 69.1 Å². The average molecular weight is 403 g/mol. The first-order valence-corrected chi connectivity index (χ1v) is 12.1. The highest BCUT2D eigenvalue weighted by atomic mass is 16.2. The van der Waals surface area contributed by atoms with Gasteiger partial charge >= 0.3 is 0 Å². The van der Waals surface area contributed by atoms with E-state index in [0.717, 1.165) is 49.9 Å². The van der Waals surface area contributed by atoms with Gasteiger partial charge in [0.1, 0.15) is 0 Å². The van der Waals surface area contributed by atoms with E-state index in [1.54, 1.807) is 11.9 Å². The summed E-state index contributed by atoms with van der Waals surface area (Å²) in [5.74, 6) is 2.10. The van der Waals surface area contributed by atoms with E-state index in [1.807, 2.05) is 0 Å². The summed E-state index contributed by atoms with van der Waals surface area (Å²) in [5.41, 5.74) is 0. The summed E-state index contributed by atoms with van der Waals surface area (Å²) in [6.45, 7) is 2.37. The smallest absolute Gasteiger partial charge is 0.233 e. The lowest BCUT2D eigenvalue weighted by Gasteiger charge is -2.36. The molecule has 3 aliphatic carbocycles. The molecule has 3 atom stereocenters. The van der Waals surface area contributed by atoms with Gasteiger partial charge in [0.25, 0.3) is 0 Å². The van der Waals surface area contributed by atoms with Gasteiger partial charge in [-0.2, -0.15) is 0 Å². The van der Waals surface area contributed by atoms with E-state index in [4.69, 9.17) is 0 Å². The lowest BCUT2D eigenvalue weighted by Crippen LogP contribution is -2.43. The molecule has 4 rings (SSSR count). The third kappa shape index (κ3) is 4.25. The highest BCUT2D eigenvalue weighted by molar-refractivity contribution is 6.05. The van der Waals surface area contributed by atoms with Crippen LogP contribution in [0, 0.1) is 35.5 Å². The number of nitrogens with zero attached hydrogens (tertiary/aromatic N) is 1. The van der Waals surface area contributed by atoms with Crippen LogP contribution in [-0.4, -0.2) is 35.7 Å². The SMILES string of the molecule is CNC(=O)C1CCC2C(=O)N(C3CCC(CC4CCC(C)CC4)CC3)C(=O)C2C1. The molecule has 4 fully saturated rings. The molecule has 1 saturated heterocycles. The fraction of sp³-hybridized carbons (Fsp3) is 0.875. The Kier molecular flexibility index (Phi) is 6.31. The molecule has 0 aromatic rings. The van der Waals surface area contributed by atoms with Gasteiger partial charge in [-0.15, -0.1) is 0 Å². The molecule has 0 aromatic carbocycles. The van der Waals surface area contributed by atoms with Crippen LogP contribution in [0.25, 0.3) is 0 Å².